The maximum atomic E-state index is 11.2. The Morgan fingerprint density at radius 2 is 1.83 bits per heavy atom. The first kappa shape index (κ1) is 19.8. The fourth-order valence-electron chi connectivity index (χ4n) is 2.45. The molecule has 0 saturated carbocycles. The van der Waals surface area contributed by atoms with Crippen molar-refractivity contribution >= 4 is 5.97 Å². The van der Waals surface area contributed by atoms with Crippen molar-refractivity contribution in [2.45, 2.75) is 53.9 Å². The van der Waals surface area contributed by atoms with Crippen LogP contribution in [0.1, 0.15) is 61.5 Å². The zero-order chi connectivity index (χ0) is 18.3. The van der Waals surface area contributed by atoms with Crippen LogP contribution in [0.3, 0.4) is 0 Å². The fraction of sp³-hybridized carbons (Fsp3) is 0.450. The number of allylic oxidation sites excluding steroid dienone is 3. The first-order chi connectivity index (χ1) is 11.2. The quantitative estimate of drug-likeness (QED) is 0.509. The summed E-state index contributed by atoms with van der Waals surface area (Å²) in [6, 6.07) is 1.67. The maximum Gasteiger partial charge on any atom is 0.339 e. The highest BCUT2D eigenvalue weighted by Crippen LogP contribution is 2.33. The molecule has 0 amide bonds. The summed E-state index contributed by atoms with van der Waals surface area (Å²) < 4.78 is 5.72. The second-order valence-corrected chi connectivity index (χ2v) is 6.35. The van der Waals surface area contributed by atoms with Crippen LogP contribution >= 0.6 is 0 Å². The summed E-state index contributed by atoms with van der Waals surface area (Å²) in [7, 11) is 0. The Hall–Kier alpha value is -2.23. The van der Waals surface area contributed by atoms with Crippen LogP contribution in [0, 0.1) is 13.8 Å². The molecule has 1 aromatic carbocycles. The summed E-state index contributed by atoms with van der Waals surface area (Å²) in [6.45, 7) is 10.1. The van der Waals surface area contributed by atoms with Crippen LogP contribution in [0.5, 0.6) is 11.5 Å². The van der Waals surface area contributed by atoms with Crippen molar-refractivity contribution in [3.05, 3.63) is 46.1 Å². The van der Waals surface area contributed by atoms with Crippen molar-refractivity contribution in [2.75, 3.05) is 6.61 Å². The molecule has 1 rings (SSSR count). The van der Waals surface area contributed by atoms with Gasteiger partial charge in [-0.05, 0) is 65.5 Å². The molecule has 0 unspecified atom stereocenters. The number of ether oxygens (including phenoxy) is 1. The molecule has 2 N–H and O–H groups in total. The normalized spacial score (nSPS) is 11.3. The number of carboxylic acids is 1. The van der Waals surface area contributed by atoms with E-state index >= 15 is 0 Å². The van der Waals surface area contributed by atoms with E-state index in [-0.39, 0.29) is 11.3 Å². The molecule has 0 spiro atoms. The summed E-state index contributed by atoms with van der Waals surface area (Å²) in [6.07, 6.45) is 7.26. The van der Waals surface area contributed by atoms with Gasteiger partial charge in [0, 0.05) is 5.56 Å². The third kappa shape index (κ3) is 5.76. The monoisotopic (exact) mass is 332 g/mol. The zero-order valence-corrected chi connectivity index (χ0v) is 15.3. The largest absolute Gasteiger partial charge is 0.507 e. The molecule has 0 atom stereocenters. The number of hydrogen-bond donors (Lipinski definition) is 2. The Kier molecular flexibility index (Phi) is 7.56. The average Bonchev–Trinajstić information content (AvgIpc) is 2.47. The van der Waals surface area contributed by atoms with Crippen LogP contribution in [0.2, 0.25) is 0 Å². The lowest BCUT2D eigenvalue weighted by Crippen LogP contribution is -2.05. The molecule has 132 valence electrons. The highest BCUT2D eigenvalue weighted by atomic mass is 16.5. The lowest BCUT2D eigenvalue weighted by atomic mass is 10.0. The molecule has 0 aliphatic carbocycles. The van der Waals surface area contributed by atoms with E-state index in [4.69, 9.17) is 9.84 Å². The summed E-state index contributed by atoms with van der Waals surface area (Å²) in [5.41, 5.74) is 3.56. The molecular weight excluding hydrogens is 304 g/mol. The van der Waals surface area contributed by atoms with Gasteiger partial charge in [-0.15, -0.1) is 0 Å². The van der Waals surface area contributed by atoms with Gasteiger partial charge in [-0.2, -0.15) is 0 Å². The van der Waals surface area contributed by atoms with Crippen LogP contribution in [0.25, 0.3) is 0 Å². The Labute approximate surface area is 144 Å². The standard InChI is InChI=1S/C20H28O4/c1-13(2)8-6-9-14(3)10-7-11-24-17-12-15(4)18(20(22)23)19(21)16(17)5/h8,10,12,21H,6-7,9,11H2,1-5H3,(H,22,23)/b14-10+. The molecule has 0 aliphatic rings. The van der Waals surface area contributed by atoms with Crippen LogP contribution in [-0.4, -0.2) is 22.8 Å². The summed E-state index contributed by atoms with van der Waals surface area (Å²) in [4.78, 5) is 11.2. The van der Waals surface area contributed by atoms with Gasteiger partial charge >= 0.3 is 5.97 Å². The average molecular weight is 332 g/mol. The lowest BCUT2D eigenvalue weighted by Gasteiger charge is -2.13. The van der Waals surface area contributed by atoms with Gasteiger partial charge in [0.05, 0.1) is 6.61 Å². The molecule has 0 radical (unpaired) electrons. The second-order valence-electron chi connectivity index (χ2n) is 6.35. The molecule has 24 heavy (non-hydrogen) atoms. The first-order valence-corrected chi connectivity index (χ1v) is 8.22. The van der Waals surface area contributed by atoms with E-state index in [1.807, 2.05) is 0 Å². The highest BCUT2D eigenvalue weighted by molar-refractivity contribution is 5.93. The van der Waals surface area contributed by atoms with Crippen molar-refractivity contribution in [3.63, 3.8) is 0 Å². The predicted octanol–water partition coefficient (Wildman–Crippen LogP) is 5.17. The lowest BCUT2D eigenvalue weighted by molar-refractivity contribution is 0.0692. The van der Waals surface area contributed by atoms with Gasteiger partial charge in [0.1, 0.15) is 17.1 Å². The van der Waals surface area contributed by atoms with Gasteiger partial charge in [0.25, 0.3) is 0 Å². The van der Waals surface area contributed by atoms with Crippen LogP contribution in [0.15, 0.2) is 29.4 Å². The second kappa shape index (κ2) is 9.16. The number of aromatic carboxylic acids is 1. The van der Waals surface area contributed by atoms with Crippen LogP contribution in [0.4, 0.5) is 0 Å². The van der Waals surface area contributed by atoms with Gasteiger partial charge in [-0.1, -0.05) is 23.3 Å². The zero-order valence-electron chi connectivity index (χ0n) is 15.3. The van der Waals surface area contributed by atoms with Crippen molar-refractivity contribution < 1.29 is 19.7 Å². The van der Waals surface area contributed by atoms with Gasteiger partial charge in [0.2, 0.25) is 0 Å². The number of phenols is 1. The molecule has 0 saturated heterocycles. The molecule has 4 heteroatoms. The van der Waals surface area contributed by atoms with E-state index in [1.54, 1.807) is 19.9 Å². The minimum Gasteiger partial charge on any atom is -0.507 e. The van der Waals surface area contributed by atoms with Crippen molar-refractivity contribution in [2.24, 2.45) is 0 Å². The smallest absolute Gasteiger partial charge is 0.339 e. The third-order valence-electron chi connectivity index (χ3n) is 3.88. The number of hydrogen-bond acceptors (Lipinski definition) is 3. The Morgan fingerprint density at radius 3 is 2.42 bits per heavy atom. The van der Waals surface area contributed by atoms with Crippen molar-refractivity contribution in [1.82, 2.24) is 0 Å². The maximum absolute atomic E-state index is 11.2. The van der Waals surface area contributed by atoms with Gasteiger partial charge < -0.3 is 14.9 Å². The topological polar surface area (TPSA) is 66.8 Å². The Morgan fingerprint density at radius 1 is 1.17 bits per heavy atom. The summed E-state index contributed by atoms with van der Waals surface area (Å²) >= 11 is 0. The Bertz CT molecular complexity index is 650. The van der Waals surface area contributed by atoms with E-state index in [9.17, 15) is 9.90 Å². The highest BCUT2D eigenvalue weighted by Gasteiger charge is 2.18. The van der Waals surface area contributed by atoms with E-state index < -0.39 is 5.97 Å². The molecule has 1 aromatic rings. The van der Waals surface area contributed by atoms with E-state index in [0.29, 0.717) is 23.5 Å². The van der Waals surface area contributed by atoms with Gasteiger partial charge in [-0.25, -0.2) is 4.79 Å². The predicted molar refractivity (Wildman–Crippen MR) is 97.1 cm³/mol. The number of aromatic hydroxyl groups is 1. The van der Waals surface area contributed by atoms with Gasteiger partial charge in [0.15, 0.2) is 0 Å². The van der Waals surface area contributed by atoms with E-state index in [2.05, 4.69) is 32.9 Å². The number of aryl methyl sites for hydroxylation is 1. The van der Waals surface area contributed by atoms with Crippen LogP contribution < -0.4 is 4.74 Å². The molecule has 0 heterocycles. The van der Waals surface area contributed by atoms with Crippen molar-refractivity contribution in [3.8, 4) is 11.5 Å². The molecular formula is C20H28O4. The summed E-state index contributed by atoms with van der Waals surface area (Å²) in [5.74, 6) is -0.814. The SMILES string of the molecule is CC(C)=CCC/C(C)=C/CCOc1cc(C)c(C(=O)O)c(O)c1C. The van der Waals surface area contributed by atoms with E-state index in [0.717, 1.165) is 19.3 Å². The number of carbonyl (C=O) groups is 1. The fourth-order valence-corrected chi connectivity index (χ4v) is 2.45. The number of carboxylic acid groups (broad SMARTS) is 1. The van der Waals surface area contributed by atoms with Gasteiger partial charge in [-0.3, -0.25) is 0 Å². The molecule has 0 aromatic heterocycles. The first-order valence-electron chi connectivity index (χ1n) is 8.22. The third-order valence-corrected chi connectivity index (χ3v) is 3.88. The number of rotatable bonds is 8. The molecule has 4 nitrogen and oxygen atoms in total. The number of benzene rings is 1. The molecule has 0 aliphatic heterocycles. The van der Waals surface area contributed by atoms with E-state index in [1.165, 1.54) is 11.1 Å². The minimum absolute atomic E-state index is 0.0603. The summed E-state index contributed by atoms with van der Waals surface area (Å²) in [5, 5.41) is 19.2. The molecule has 0 bridgehead atoms. The molecule has 0 fully saturated rings. The minimum atomic E-state index is -1.13. The van der Waals surface area contributed by atoms with Crippen molar-refractivity contribution in [1.29, 1.82) is 0 Å². The van der Waals surface area contributed by atoms with Crippen LogP contribution in [-0.2, 0) is 0 Å². The Balaban J connectivity index is 2.63.